The van der Waals surface area contributed by atoms with Crippen LogP contribution < -0.4 is 15.1 Å². The summed E-state index contributed by atoms with van der Waals surface area (Å²) in [7, 11) is 4.34. The van der Waals surface area contributed by atoms with E-state index in [0.29, 0.717) is 99.5 Å². The second-order valence-corrected chi connectivity index (χ2v) is 23.7. The molecule has 3 aromatic rings. The lowest BCUT2D eigenvalue weighted by Gasteiger charge is -2.58. The molecule has 4 fully saturated rings. The number of carbonyl (C=O) groups excluding carboxylic acids is 5. The van der Waals surface area contributed by atoms with E-state index in [-0.39, 0.29) is 76.3 Å². The van der Waals surface area contributed by atoms with Gasteiger partial charge in [-0.3, -0.25) is 39.0 Å². The predicted molar refractivity (Wildman–Crippen MR) is 302 cm³/mol. The average Bonchev–Trinajstić information content (AvgIpc) is 1.57. The number of carbonyl (C=O) groups is 5. The van der Waals surface area contributed by atoms with Crippen LogP contribution in [0.1, 0.15) is 114 Å². The summed E-state index contributed by atoms with van der Waals surface area (Å²) in [6, 6.07) is 9.57. The summed E-state index contributed by atoms with van der Waals surface area (Å²) in [5.74, 6) is -3.07. The first-order valence-electron chi connectivity index (χ1n) is 29.5. The Hall–Kier alpha value is -5.65. The lowest BCUT2D eigenvalue weighted by atomic mass is 9.54. The molecule has 2 amide bonds. The third-order valence-electron chi connectivity index (χ3n) is 18.9. The van der Waals surface area contributed by atoms with Crippen molar-refractivity contribution in [2.45, 2.75) is 158 Å². The van der Waals surface area contributed by atoms with Crippen molar-refractivity contribution in [2.75, 3.05) is 85.4 Å². The van der Waals surface area contributed by atoms with E-state index in [1.165, 1.54) is 26.2 Å². The largest absolute Gasteiger partial charge is 0.496 e. The number of hydrazine groups is 1. The van der Waals surface area contributed by atoms with Crippen molar-refractivity contribution in [3.63, 3.8) is 0 Å². The number of fused-ring (bicyclic) bond motifs is 7. The van der Waals surface area contributed by atoms with Gasteiger partial charge in [0.1, 0.15) is 29.9 Å². The number of nitrogens with one attached hydrogen (secondary N) is 2. The molecule has 13 atom stereocenters. The number of hydrogen-bond donors (Lipinski definition) is 6. The molecule has 21 heteroatoms. The molecule has 1 aliphatic carbocycles. The van der Waals surface area contributed by atoms with Crippen LogP contribution in [0.3, 0.4) is 0 Å². The molecule has 82 heavy (non-hydrogen) atoms. The third-order valence-corrected chi connectivity index (χ3v) is 18.9. The Kier molecular flexibility index (Phi) is 18.5. The minimum atomic E-state index is -2.29. The van der Waals surface area contributed by atoms with Gasteiger partial charge in [0.25, 0.3) is 5.91 Å². The zero-order valence-corrected chi connectivity index (χ0v) is 48.9. The Bertz CT molecular complexity index is 2860. The van der Waals surface area contributed by atoms with Crippen LogP contribution in [0.4, 0.5) is 5.69 Å². The van der Waals surface area contributed by atoms with Gasteiger partial charge in [-0.15, -0.1) is 0 Å². The van der Waals surface area contributed by atoms with Crippen LogP contribution in [0.2, 0.25) is 0 Å². The standard InChI is InChI=1S/C61H86N6O15/c1-9-40(34-68)82-50(78-7)35-81-49(70)20-14-19-48(69)62-38(5)54(71)80-28-16-25-66-56(73)61(76)53(43-22-27-65-24-15-23-59(11-3,52(43)65)55(61)72)67(66)46-30-47(77-6)44(29-37(46)4)60(57(74)79-8)32-39-31-58(75,10-2)36-64(33-39)26-21-42-41-17-12-13-18-45(41)63-51(42)60/h12-13,15,17-18,23,29-30,38-40,43,50,52-53,55,63,68,72,75-76H,9-11,14,16,19-22,24-28,31-36H2,1-8H3,(H,62,69)/t38?,39?,40?,43?,50?,52?,53?,55-,58?,59-,60+,61+/m1/s1. The Labute approximate surface area is 480 Å². The number of benzene rings is 2. The lowest BCUT2D eigenvalue weighted by molar-refractivity contribution is -0.194. The summed E-state index contributed by atoms with van der Waals surface area (Å²) < 4.78 is 34.0. The molecule has 9 rings (SSSR count). The second kappa shape index (κ2) is 24.9. The van der Waals surface area contributed by atoms with Crippen molar-refractivity contribution in [2.24, 2.45) is 17.3 Å². The van der Waals surface area contributed by atoms with Gasteiger partial charge in [-0.05, 0) is 101 Å². The van der Waals surface area contributed by atoms with Gasteiger partial charge in [0.05, 0.1) is 50.9 Å². The second-order valence-electron chi connectivity index (χ2n) is 23.7. The average molecular weight is 1140 g/mol. The minimum Gasteiger partial charge on any atom is -0.496 e. The number of para-hydroxylation sites is 1. The van der Waals surface area contributed by atoms with Crippen LogP contribution in [0.5, 0.6) is 5.75 Å². The van der Waals surface area contributed by atoms with Gasteiger partial charge in [0, 0.05) is 105 Å². The van der Waals surface area contributed by atoms with Crippen LogP contribution in [0, 0.1) is 24.2 Å². The van der Waals surface area contributed by atoms with Gasteiger partial charge in [0.2, 0.25) is 5.91 Å². The van der Waals surface area contributed by atoms with Gasteiger partial charge in [-0.2, -0.15) is 0 Å². The number of aromatic nitrogens is 1. The first-order valence-corrected chi connectivity index (χ1v) is 29.5. The maximum Gasteiger partial charge on any atom is 0.328 e. The van der Waals surface area contributed by atoms with E-state index >= 15 is 9.59 Å². The molecule has 5 aliphatic heterocycles. The highest BCUT2D eigenvalue weighted by atomic mass is 16.7. The number of nitrogens with zero attached hydrogens (tertiary/aromatic N) is 4. The van der Waals surface area contributed by atoms with Crippen LogP contribution in [0.25, 0.3) is 10.9 Å². The van der Waals surface area contributed by atoms with Crippen molar-refractivity contribution in [1.82, 2.24) is 25.1 Å². The maximum atomic E-state index is 15.5. The van der Waals surface area contributed by atoms with Crippen molar-refractivity contribution in [1.29, 1.82) is 0 Å². The number of aliphatic hydroxyl groups excluding tert-OH is 2. The number of hydrogen-bond acceptors (Lipinski definition) is 18. The van der Waals surface area contributed by atoms with Gasteiger partial charge in [0.15, 0.2) is 11.9 Å². The summed E-state index contributed by atoms with van der Waals surface area (Å²) in [4.78, 5) is 77.8. The van der Waals surface area contributed by atoms with Crippen molar-refractivity contribution in [3.8, 4) is 5.75 Å². The molecule has 1 saturated carbocycles. The van der Waals surface area contributed by atoms with E-state index in [1.807, 2.05) is 75.2 Å². The van der Waals surface area contributed by atoms with Crippen molar-refractivity contribution >= 4 is 46.3 Å². The molecule has 2 bridgehead atoms. The molecule has 450 valence electrons. The Morgan fingerprint density at radius 3 is 2.45 bits per heavy atom. The molecule has 3 saturated heterocycles. The Balaban J connectivity index is 1.000. The number of methoxy groups -OCH3 is 3. The molecule has 6 heterocycles. The molecule has 9 unspecified atom stereocenters. The van der Waals surface area contributed by atoms with E-state index in [0.717, 1.165) is 16.5 Å². The van der Waals surface area contributed by atoms with E-state index in [2.05, 4.69) is 26.2 Å². The molecule has 0 spiro atoms. The Morgan fingerprint density at radius 2 is 1.74 bits per heavy atom. The fourth-order valence-corrected chi connectivity index (χ4v) is 14.9. The van der Waals surface area contributed by atoms with E-state index in [4.69, 9.17) is 28.4 Å². The van der Waals surface area contributed by atoms with E-state index in [9.17, 15) is 34.8 Å². The molecular weight excluding hydrogens is 1060 g/mol. The normalized spacial score (nSPS) is 30.5. The molecule has 1 aromatic heterocycles. The van der Waals surface area contributed by atoms with Crippen LogP contribution >= 0.6 is 0 Å². The van der Waals surface area contributed by atoms with Gasteiger partial charge in [-0.25, -0.2) is 4.79 Å². The first-order chi connectivity index (χ1) is 39.3. The topological polar surface area (TPSA) is 262 Å². The fourth-order valence-electron chi connectivity index (χ4n) is 14.9. The zero-order valence-electron chi connectivity index (χ0n) is 48.9. The molecule has 6 aliphatic rings. The number of aryl methyl sites for hydroxylation is 1. The van der Waals surface area contributed by atoms with Crippen molar-refractivity contribution in [3.05, 3.63) is 70.9 Å². The molecule has 6 N–H and O–H groups in total. The van der Waals surface area contributed by atoms with Crippen LogP contribution in [0.15, 0.2) is 48.6 Å². The van der Waals surface area contributed by atoms with Crippen LogP contribution in [-0.4, -0.2) is 198 Å². The SMILES string of the molecule is CCC(CO)OC(COC(=O)CCCC(=O)NC(C)C(=O)OCCCN1C(=O)[C@]2(O)C(C3CCN4CC=C[C@](CC)(C34)[C@H]2O)N1c1cc(OC)c([C@@]2(C(=O)OC)CC3CN(CCc4c2[nH]c2ccccc42)CC(O)(CC)C3)cc1C)OC. The lowest BCUT2D eigenvalue weighted by Crippen LogP contribution is -2.74. The number of ether oxygens (including phenoxy) is 6. The van der Waals surface area contributed by atoms with Gasteiger partial charge >= 0.3 is 17.9 Å². The van der Waals surface area contributed by atoms with Crippen LogP contribution in [-0.2, 0) is 59.5 Å². The number of piperidine rings is 1. The third kappa shape index (κ3) is 10.9. The predicted octanol–water partition coefficient (Wildman–Crippen LogP) is 3.96. The molecule has 0 radical (unpaired) electrons. The van der Waals surface area contributed by atoms with Gasteiger partial charge in [-0.1, -0.05) is 51.1 Å². The number of anilines is 1. The highest BCUT2D eigenvalue weighted by molar-refractivity contribution is 5.96. The fraction of sp³-hybridized carbons (Fsp3) is 0.656. The number of rotatable bonds is 23. The highest BCUT2D eigenvalue weighted by Crippen LogP contribution is 2.60. The molecular formula is C61H86N6O15. The summed E-state index contributed by atoms with van der Waals surface area (Å²) in [6.07, 6.45) is 4.82. The van der Waals surface area contributed by atoms with E-state index in [1.54, 1.807) is 7.11 Å². The summed E-state index contributed by atoms with van der Waals surface area (Å²) in [5.41, 5.74) is -1.43. The van der Waals surface area contributed by atoms with Gasteiger partial charge < -0.3 is 59.1 Å². The van der Waals surface area contributed by atoms with E-state index < -0.39 is 82.3 Å². The molecule has 2 aromatic carbocycles. The number of H-pyrrole nitrogens is 1. The molecule has 21 nitrogen and oxygen atoms in total. The van der Waals surface area contributed by atoms with Crippen molar-refractivity contribution < 1.29 is 72.8 Å². The highest BCUT2D eigenvalue weighted by Gasteiger charge is 2.75. The quantitative estimate of drug-likeness (QED) is 0.0258. The summed E-state index contributed by atoms with van der Waals surface area (Å²) >= 11 is 0. The number of esters is 3. The summed E-state index contributed by atoms with van der Waals surface area (Å²) in [6.45, 7) is 11.8. The number of aromatic amines is 1. The summed E-state index contributed by atoms with van der Waals surface area (Å²) in [5, 5.41) is 54.4. The maximum absolute atomic E-state index is 15.5. The number of amides is 2. The zero-order chi connectivity index (χ0) is 58.9. The smallest absolute Gasteiger partial charge is 0.328 e. The monoisotopic (exact) mass is 1140 g/mol. The minimum absolute atomic E-state index is 0.0467. The number of aliphatic hydroxyl groups is 4. The Morgan fingerprint density at radius 1 is 0.963 bits per heavy atom. The first kappa shape index (κ1) is 60.9.